The van der Waals surface area contributed by atoms with Crippen LogP contribution in [0.5, 0.6) is 0 Å². The Labute approximate surface area is 187 Å². The summed E-state index contributed by atoms with van der Waals surface area (Å²) in [6.45, 7) is 4.19. The van der Waals surface area contributed by atoms with Crippen LogP contribution >= 0.6 is 0 Å². The van der Waals surface area contributed by atoms with Crippen molar-refractivity contribution in [3.05, 3.63) is 83.2 Å². The topological polar surface area (TPSA) is 38.9 Å². The first kappa shape index (κ1) is 18.1. The molecule has 0 aliphatic heterocycles. The molecule has 1 spiro atoms. The van der Waals surface area contributed by atoms with Crippen LogP contribution < -0.4 is 0 Å². The minimum absolute atomic E-state index is 0.0519. The number of rotatable bonds is 1. The monoisotopic (exact) mass is 416 g/mol. The van der Waals surface area contributed by atoms with Crippen LogP contribution in [0.1, 0.15) is 48.1 Å². The second-order valence-electron chi connectivity index (χ2n) is 9.53. The summed E-state index contributed by atoms with van der Waals surface area (Å²) in [5.41, 5.74) is 11.3. The molecule has 0 bridgehead atoms. The molecule has 5 aromatic rings. The van der Waals surface area contributed by atoms with Crippen LogP contribution in [-0.4, -0.2) is 9.97 Å². The second-order valence-corrected chi connectivity index (χ2v) is 9.53. The zero-order chi connectivity index (χ0) is 21.4. The van der Waals surface area contributed by atoms with E-state index >= 15 is 0 Å². The van der Waals surface area contributed by atoms with Gasteiger partial charge in [-0.3, -0.25) is 4.98 Å². The van der Waals surface area contributed by atoms with E-state index in [0.717, 1.165) is 44.5 Å². The van der Waals surface area contributed by atoms with Crippen LogP contribution in [0.2, 0.25) is 0 Å². The van der Waals surface area contributed by atoms with Crippen molar-refractivity contribution in [3.8, 4) is 22.4 Å². The van der Waals surface area contributed by atoms with Crippen molar-refractivity contribution in [2.24, 2.45) is 0 Å². The van der Waals surface area contributed by atoms with E-state index in [2.05, 4.69) is 68.4 Å². The van der Waals surface area contributed by atoms with Gasteiger partial charge in [-0.15, -0.1) is 0 Å². The lowest BCUT2D eigenvalue weighted by atomic mass is 9.79. The third kappa shape index (κ3) is 2.26. The molecule has 0 amide bonds. The molecule has 0 saturated heterocycles. The van der Waals surface area contributed by atoms with E-state index in [1.165, 1.54) is 48.1 Å². The Bertz CT molecular complexity index is 1540. The fraction of sp³-hybridized carbons (Fsp3) is 0.241. The lowest BCUT2D eigenvalue weighted by Crippen LogP contribution is -2.21. The maximum atomic E-state index is 6.52. The molecule has 2 aromatic carbocycles. The van der Waals surface area contributed by atoms with Crippen LogP contribution in [0, 0.1) is 13.8 Å². The summed E-state index contributed by atoms with van der Waals surface area (Å²) < 4.78 is 6.52. The minimum Gasteiger partial charge on any atom is -0.437 e. The van der Waals surface area contributed by atoms with Gasteiger partial charge in [-0.05, 0) is 61.1 Å². The van der Waals surface area contributed by atoms with Crippen LogP contribution in [0.25, 0.3) is 44.5 Å². The minimum atomic E-state index is 0.0519. The average molecular weight is 417 g/mol. The molecule has 0 atom stereocenters. The number of pyridine rings is 2. The summed E-state index contributed by atoms with van der Waals surface area (Å²) in [5, 5.41) is 2.21. The first-order valence-corrected chi connectivity index (χ1v) is 11.6. The number of hydrogen-bond acceptors (Lipinski definition) is 3. The number of nitrogens with zero attached hydrogens (tertiary/aromatic N) is 2. The van der Waals surface area contributed by atoms with Crippen molar-refractivity contribution < 1.29 is 4.42 Å². The highest BCUT2D eigenvalue weighted by atomic mass is 16.3. The predicted molar refractivity (Wildman–Crippen MR) is 129 cm³/mol. The molecule has 156 valence electrons. The highest BCUT2D eigenvalue weighted by molar-refractivity contribution is 6.10. The summed E-state index contributed by atoms with van der Waals surface area (Å²) in [6.07, 6.45) is 6.79. The Balaban J connectivity index is 1.55. The lowest BCUT2D eigenvalue weighted by molar-refractivity contribution is 0.530. The van der Waals surface area contributed by atoms with Crippen molar-refractivity contribution >= 4 is 22.1 Å². The van der Waals surface area contributed by atoms with Crippen molar-refractivity contribution in [2.45, 2.75) is 44.9 Å². The van der Waals surface area contributed by atoms with E-state index in [1.807, 2.05) is 6.20 Å². The highest BCUT2D eigenvalue weighted by Crippen LogP contribution is 2.56. The Morgan fingerprint density at radius 2 is 1.72 bits per heavy atom. The number of furan rings is 1. The van der Waals surface area contributed by atoms with Crippen molar-refractivity contribution in [1.29, 1.82) is 0 Å². The smallest absolute Gasteiger partial charge is 0.227 e. The Morgan fingerprint density at radius 1 is 0.875 bits per heavy atom. The van der Waals surface area contributed by atoms with Crippen molar-refractivity contribution in [2.75, 3.05) is 0 Å². The van der Waals surface area contributed by atoms with Crippen LogP contribution in [0.4, 0.5) is 0 Å². The molecule has 0 radical (unpaired) electrons. The molecule has 1 saturated carbocycles. The van der Waals surface area contributed by atoms with Gasteiger partial charge in [0.15, 0.2) is 0 Å². The van der Waals surface area contributed by atoms with Gasteiger partial charge in [-0.1, -0.05) is 55.3 Å². The second kappa shape index (κ2) is 6.29. The summed E-state index contributed by atoms with van der Waals surface area (Å²) >= 11 is 0. The van der Waals surface area contributed by atoms with Crippen molar-refractivity contribution in [1.82, 2.24) is 9.97 Å². The van der Waals surface area contributed by atoms with Gasteiger partial charge in [0.1, 0.15) is 5.58 Å². The van der Waals surface area contributed by atoms with Crippen molar-refractivity contribution in [3.63, 3.8) is 0 Å². The number of hydrogen-bond donors (Lipinski definition) is 0. The average Bonchev–Trinajstić information content (AvgIpc) is 3.50. The predicted octanol–water partition coefficient (Wildman–Crippen LogP) is 7.50. The number of aryl methyl sites for hydroxylation is 2. The largest absolute Gasteiger partial charge is 0.437 e. The van der Waals surface area contributed by atoms with Gasteiger partial charge in [-0.25, -0.2) is 4.98 Å². The Morgan fingerprint density at radius 3 is 2.53 bits per heavy atom. The standard InChI is InChI=1S/C29H24N2O/c1-17-9-12-24(30-16-17)25-18(2)10-11-20-22-15-21-19-7-3-4-8-23(19)29(13-5-6-14-29)27(21)31-28(22)32-26(20)25/h3-4,7-12,15-16H,5-6,13-14H2,1-2H3. The third-order valence-corrected chi connectivity index (χ3v) is 7.65. The molecule has 7 rings (SSSR count). The maximum absolute atomic E-state index is 6.52. The molecule has 0 unspecified atom stereocenters. The summed E-state index contributed by atoms with van der Waals surface area (Å²) in [4.78, 5) is 9.93. The molecule has 3 aromatic heterocycles. The third-order valence-electron chi connectivity index (χ3n) is 7.65. The van der Waals surface area contributed by atoms with E-state index in [-0.39, 0.29) is 5.41 Å². The van der Waals surface area contributed by atoms with Gasteiger partial charge in [-0.2, -0.15) is 0 Å². The van der Waals surface area contributed by atoms with E-state index < -0.39 is 0 Å². The van der Waals surface area contributed by atoms with Gasteiger partial charge in [0.05, 0.1) is 11.4 Å². The molecule has 2 aliphatic carbocycles. The van der Waals surface area contributed by atoms with E-state index in [1.54, 1.807) is 0 Å². The molecule has 1 fully saturated rings. The lowest BCUT2D eigenvalue weighted by Gasteiger charge is -2.24. The van der Waals surface area contributed by atoms with E-state index in [9.17, 15) is 0 Å². The molecule has 32 heavy (non-hydrogen) atoms. The molecule has 3 nitrogen and oxygen atoms in total. The zero-order valence-electron chi connectivity index (χ0n) is 18.4. The van der Waals surface area contributed by atoms with Gasteiger partial charge in [0.2, 0.25) is 5.71 Å². The van der Waals surface area contributed by atoms with E-state index in [0.29, 0.717) is 0 Å². The summed E-state index contributed by atoms with van der Waals surface area (Å²) in [7, 11) is 0. The summed E-state index contributed by atoms with van der Waals surface area (Å²) in [5.74, 6) is 0. The first-order chi connectivity index (χ1) is 15.7. The summed E-state index contributed by atoms with van der Waals surface area (Å²) in [6, 6.07) is 19.8. The number of fused-ring (bicyclic) bond motifs is 8. The molecule has 3 heteroatoms. The fourth-order valence-electron chi connectivity index (χ4n) is 6.11. The molecule has 0 N–H and O–H groups in total. The maximum Gasteiger partial charge on any atom is 0.227 e. The SMILES string of the molecule is Cc1ccc(-c2c(C)ccc3c2oc2nc4c(cc23)-c2ccccc2C42CCCC2)nc1. The van der Waals surface area contributed by atoms with Gasteiger partial charge in [0, 0.05) is 33.5 Å². The van der Waals surface area contributed by atoms with Gasteiger partial charge < -0.3 is 4.42 Å². The first-order valence-electron chi connectivity index (χ1n) is 11.6. The molecule has 3 heterocycles. The normalized spacial score (nSPS) is 16.2. The Hall–Kier alpha value is -3.46. The van der Waals surface area contributed by atoms with Crippen LogP contribution in [-0.2, 0) is 5.41 Å². The van der Waals surface area contributed by atoms with Crippen LogP contribution in [0.3, 0.4) is 0 Å². The van der Waals surface area contributed by atoms with Gasteiger partial charge >= 0.3 is 0 Å². The van der Waals surface area contributed by atoms with Gasteiger partial charge in [0.25, 0.3) is 0 Å². The number of aromatic nitrogens is 2. The highest BCUT2D eigenvalue weighted by Gasteiger charge is 2.46. The molecular formula is C29H24N2O. The quantitative estimate of drug-likeness (QED) is 0.284. The zero-order valence-corrected chi connectivity index (χ0v) is 18.4. The number of benzene rings is 2. The molecule has 2 aliphatic rings. The Kier molecular flexibility index (Phi) is 3.57. The fourth-order valence-corrected chi connectivity index (χ4v) is 6.11. The van der Waals surface area contributed by atoms with E-state index in [4.69, 9.17) is 14.4 Å². The van der Waals surface area contributed by atoms with Crippen LogP contribution in [0.15, 0.2) is 65.2 Å². The molecular weight excluding hydrogens is 392 g/mol.